The minimum Gasteiger partial charge on any atom is -0.396 e. The molecule has 0 spiro atoms. The molecule has 100 valence electrons. The van der Waals surface area contributed by atoms with E-state index in [1.165, 1.54) is 0 Å². The molecule has 1 aromatic rings. The van der Waals surface area contributed by atoms with Crippen molar-refractivity contribution >= 4 is 0 Å². The molecule has 0 saturated carbocycles. The van der Waals surface area contributed by atoms with Crippen LogP contribution in [0, 0.1) is 11.7 Å². The smallest absolute Gasteiger partial charge is 0.126 e. The van der Waals surface area contributed by atoms with Gasteiger partial charge >= 0.3 is 0 Å². The fourth-order valence-corrected chi connectivity index (χ4v) is 2.76. The van der Waals surface area contributed by atoms with Gasteiger partial charge < -0.3 is 10.4 Å². The fourth-order valence-electron chi connectivity index (χ4n) is 2.76. The molecule has 2 N–H and O–H groups in total. The Balaban J connectivity index is 1.95. The van der Waals surface area contributed by atoms with E-state index in [0.717, 1.165) is 43.4 Å². The van der Waals surface area contributed by atoms with E-state index >= 15 is 0 Å². The fraction of sp³-hybridized carbons (Fsp3) is 0.600. The van der Waals surface area contributed by atoms with E-state index < -0.39 is 0 Å². The Hall–Kier alpha value is -0.930. The second kappa shape index (κ2) is 6.30. The van der Waals surface area contributed by atoms with Gasteiger partial charge in [0.05, 0.1) is 0 Å². The van der Waals surface area contributed by atoms with E-state index in [1.54, 1.807) is 12.1 Å². The summed E-state index contributed by atoms with van der Waals surface area (Å²) >= 11 is 0. The maximum atomic E-state index is 13.6. The van der Waals surface area contributed by atoms with Crippen LogP contribution in [-0.4, -0.2) is 18.3 Å². The average Bonchev–Trinajstić information content (AvgIpc) is 2.79. The first-order valence-electron chi connectivity index (χ1n) is 6.87. The molecule has 1 aromatic carbocycles. The lowest BCUT2D eigenvalue weighted by Gasteiger charge is -2.19. The first-order chi connectivity index (χ1) is 8.76. The normalized spacial score (nSPS) is 19.8. The number of hydrogen-bond acceptors (Lipinski definition) is 2. The molecule has 0 radical (unpaired) electrons. The predicted octanol–water partition coefficient (Wildman–Crippen LogP) is 2.81. The van der Waals surface area contributed by atoms with Crippen molar-refractivity contribution in [1.82, 2.24) is 5.32 Å². The van der Waals surface area contributed by atoms with Crippen molar-refractivity contribution in [3.8, 4) is 0 Å². The van der Waals surface area contributed by atoms with Gasteiger partial charge in [0.15, 0.2) is 0 Å². The summed E-state index contributed by atoms with van der Waals surface area (Å²) in [4.78, 5) is 0. The molecule has 2 unspecified atom stereocenters. The third kappa shape index (κ3) is 2.90. The highest BCUT2D eigenvalue weighted by Gasteiger charge is 2.24. The summed E-state index contributed by atoms with van der Waals surface area (Å²) in [6, 6.07) is 5.64. The first kappa shape index (κ1) is 13.5. The third-order valence-electron chi connectivity index (χ3n) is 3.98. The van der Waals surface area contributed by atoms with Crippen LogP contribution in [-0.2, 0) is 6.42 Å². The standard InChI is InChI=1S/C15H22FNO/c1-2-11(8-9-18)10-17-15-7-6-12-13(15)4-3-5-14(12)16/h3-5,11,15,17-18H,2,6-10H2,1H3. The molecule has 1 aliphatic rings. The van der Waals surface area contributed by atoms with Gasteiger partial charge in [0, 0.05) is 12.6 Å². The highest BCUT2D eigenvalue weighted by molar-refractivity contribution is 5.35. The minimum absolute atomic E-state index is 0.0702. The molecule has 0 aliphatic heterocycles. The molecule has 2 nitrogen and oxygen atoms in total. The van der Waals surface area contributed by atoms with Crippen LogP contribution in [0.2, 0.25) is 0 Å². The second-order valence-electron chi connectivity index (χ2n) is 5.09. The predicted molar refractivity (Wildman–Crippen MR) is 70.9 cm³/mol. The van der Waals surface area contributed by atoms with E-state index in [1.807, 2.05) is 6.07 Å². The number of aliphatic hydroxyl groups is 1. The summed E-state index contributed by atoms with van der Waals surface area (Å²) < 4.78 is 13.6. The Morgan fingerprint density at radius 1 is 1.50 bits per heavy atom. The lowest BCUT2D eigenvalue weighted by Crippen LogP contribution is -2.26. The average molecular weight is 251 g/mol. The molecule has 0 amide bonds. The van der Waals surface area contributed by atoms with Crippen LogP contribution in [0.3, 0.4) is 0 Å². The molecule has 3 heteroatoms. The van der Waals surface area contributed by atoms with E-state index in [-0.39, 0.29) is 18.5 Å². The Kier molecular flexibility index (Phi) is 4.72. The number of aliphatic hydroxyl groups excluding tert-OH is 1. The van der Waals surface area contributed by atoms with Crippen LogP contribution in [0.25, 0.3) is 0 Å². The lowest BCUT2D eigenvalue weighted by atomic mass is 10.0. The van der Waals surface area contributed by atoms with Crippen LogP contribution in [0.4, 0.5) is 4.39 Å². The van der Waals surface area contributed by atoms with Crippen LogP contribution in [0.1, 0.15) is 43.4 Å². The molecule has 0 fully saturated rings. The van der Waals surface area contributed by atoms with Crippen LogP contribution in [0.15, 0.2) is 18.2 Å². The van der Waals surface area contributed by atoms with Crippen LogP contribution < -0.4 is 5.32 Å². The molecule has 18 heavy (non-hydrogen) atoms. The van der Waals surface area contributed by atoms with Crippen molar-refractivity contribution < 1.29 is 9.50 Å². The van der Waals surface area contributed by atoms with E-state index in [2.05, 4.69) is 12.2 Å². The summed E-state index contributed by atoms with van der Waals surface area (Å²) in [6.07, 6.45) is 3.71. The maximum Gasteiger partial charge on any atom is 0.126 e. The Morgan fingerprint density at radius 3 is 3.06 bits per heavy atom. The highest BCUT2D eigenvalue weighted by atomic mass is 19.1. The largest absolute Gasteiger partial charge is 0.396 e. The third-order valence-corrected chi connectivity index (χ3v) is 3.98. The molecular weight excluding hydrogens is 229 g/mol. The van der Waals surface area contributed by atoms with Gasteiger partial charge in [-0.2, -0.15) is 0 Å². The van der Waals surface area contributed by atoms with Crippen molar-refractivity contribution in [2.24, 2.45) is 5.92 Å². The zero-order chi connectivity index (χ0) is 13.0. The van der Waals surface area contributed by atoms with Crippen LogP contribution in [0.5, 0.6) is 0 Å². The molecule has 0 heterocycles. The monoisotopic (exact) mass is 251 g/mol. The SMILES string of the molecule is CCC(CCO)CNC1CCc2c(F)cccc21. The molecule has 0 saturated heterocycles. The van der Waals surface area contributed by atoms with E-state index in [0.29, 0.717) is 5.92 Å². The van der Waals surface area contributed by atoms with Crippen molar-refractivity contribution in [3.05, 3.63) is 35.1 Å². The van der Waals surface area contributed by atoms with E-state index in [9.17, 15) is 4.39 Å². The molecule has 0 aromatic heterocycles. The second-order valence-corrected chi connectivity index (χ2v) is 5.09. The quantitative estimate of drug-likeness (QED) is 0.815. The Labute approximate surface area is 108 Å². The van der Waals surface area contributed by atoms with Gasteiger partial charge in [-0.1, -0.05) is 25.5 Å². The Bertz CT molecular complexity index is 394. The maximum absolute atomic E-state index is 13.6. The topological polar surface area (TPSA) is 32.3 Å². The number of halogens is 1. The molecule has 2 atom stereocenters. The van der Waals surface area contributed by atoms with E-state index in [4.69, 9.17) is 5.11 Å². The summed E-state index contributed by atoms with van der Waals surface area (Å²) in [5.41, 5.74) is 2.00. The van der Waals surface area contributed by atoms with Crippen molar-refractivity contribution in [1.29, 1.82) is 0 Å². The van der Waals surface area contributed by atoms with Gasteiger partial charge in [0.2, 0.25) is 0 Å². The van der Waals surface area contributed by atoms with Gasteiger partial charge in [0.1, 0.15) is 5.82 Å². The lowest BCUT2D eigenvalue weighted by molar-refractivity contribution is 0.248. The van der Waals surface area contributed by atoms with Gasteiger partial charge in [-0.05, 0) is 48.9 Å². The number of benzene rings is 1. The molecular formula is C15H22FNO. The minimum atomic E-state index is -0.0702. The highest BCUT2D eigenvalue weighted by Crippen LogP contribution is 2.32. The van der Waals surface area contributed by atoms with Gasteiger partial charge in [-0.3, -0.25) is 0 Å². The summed E-state index contributed by atoms with van der Waals surface area (Å²) in [6.45, 7) is 3.29. The molecule has 0 bridgehead atoms. The van der Waals surface area contributed by atoms with Crippen LogP contribution >= 0.6 is 0 Å². The summed E-state index contributed by atoms with van der Waals surface area (Å²) in [5, 5.41) is 12.5. The number of nitrogens with one attached hydrogen (secondary N) is 1. The summed E-state index contributed by atoms with van der Waals surface area (Å²) in [5.74, 6) is 0.437. The number of fused-ring (bicyclic) bond motifs is 1. The van der Waals surface area contributed by atoms with Gasteiger partial charge in [-0.15, -0.1) is 0 Å². The zero-order valence-corrected chi connectivity index (χ0v) is 11.0. The van der Waals surface area contributed by atoms with Gasteiger partial charge in [-0.25, -0.2) is 4.39 Å². The molecule has 2 rings (SSSR count). The number of hydrogen-bond donors (Lipinski definition) is 2. The summed E-state index contributed by atoms with van der Waals surface area (Å²) in [7, 11) is 0. The van der Waals surface area contributed by atoms with Gasteiger partial charge in [0.25, 0.3) is 0 Å². The Morgan fingerprint density at radius 2 is 2.33 bits per heavy atom. The van der Waals surface area contributed by atoms with Crippen molar-refractivity contribution in [2.45, 2.75) is 38.6 Å². The molecule has 1 aliphatic carbocycles. The zero-order valence-electron chi connectivity index (χ0n) is 11.0. The first-order valence-corrected chi connectivity index (χ1v) is 6.87. The number of rotatable bonds is 6. The van der Waals surface area contributed by atoms with Crippen molar-refractivity contribution in [2.75, 3.05) is 13.2 Å². The van der Waals surface area contributed by atoms with Crippen molar-refractivity contribution in [3.63, 3.8) is 0 Å².